The van der Waals surface area contributed by atoms with Crippen LogP contribution in [0, 0.1) is 11.8 Å². The lowest BCUT2D eigenvalue weighted by molar-refractivity contribution is -0.115. The molecule has 17 heavy (non-hydrogen) atoms. The lowest BCUT2D eigenvalue weighted by atomic mass is 9.79. The fourth-order valence-corrected chi connectivity index (χ4v) is 3.63. The topological polar surface area (TPSA) is 29.5 Å². The lowest BCUT2D eigenvalue weighted by Crippen LogP contribution is -2.39. The summed E-state index contributed by atoms with van der Waals surface area (Å²) in [5.41, 5.74) is 0. The van der Waals surface area contributed by atoms with Gasteiger partial charge in [-0.15, -0.1) is 0 Å². The van der Waals surface area contributed by atoms with E-state index >= 15 is 0 Å². The van der Waals surface area contributed by atoms with Gasteiger partial charge >= 0.3 is 0 Å². The molecule has 1 aliphatic carbocycles. The van der Waals surface area contributed by atoms with Gasteiger partial charge in [-0.2, -0.15) is 0 Å². The minimum Gasteiger partial charge on any atom is -0.393 e. The average molecular weight is 240 g/mol. The van der Waals surface area contributed by atoms with Gasteiger partial charge in [0, 0.05) is 0 Å². The predicted octanol–water partition coefficient (Wildman–Crippen LogP) is 3.52. The van der Waals surface area contributed by atoms with E-state index in [9.17, 15) is 5.11 Å². The Morgan fingerprint density at radius 1 is 0.941 bits per heavy atom. The molecule has 5 atom stereocenters. The average Bonchev–Trinajstić information content (AvgIpc) is 2.21. The van der Waals surface area contributed by atoms with E-state index in [1.807, 2.05) is 0 Å². The Hall–Kier alpha value is -0.0800. The minimum atomic E-state index is -0.135. The zero-order chi connectivity index (χ0) is 12.3. The van der Waals surface area contributed by atoms with Crippen LogP contribution in [-0.2, 0) is 4.74 Å². The van der Waals surface area contributed by atoms with Gasteiger partial charge in [-0.25, -0.2) is 0 Å². The van der Waals surface area contributed by atoms with Crippen LogP contribution in [0.2, 0.25) is 0 Å². The summed E-state index contributed by atoms with van der Waals surface area (Å²) in [5.74, 6) is 1.51. The Kier molecular flexibility index (Phi) is 4.87. The third kappa shape index (κ3) is 3.96. The summed E-state index contributed by atoms with van der Waals surface area (Å²) < 4.78 is 6.08. The molecule has 2 rings (SSSR count). The zero-order valence-corrected chi connectivity index (χ0v) is 11.4. The molecule has 3 unspecified atom stereocenters. The molecule has 2 nitrogen and oxygen atoms in total. The van der Waals surface area contributed by atoms with E-state index in [2.05, 4.69) is 13.8 Å². The van der Waals surface area contributed by atoms with E-state index in [1.165, 1.54) is 38.5 Å². The first-order chi connectivity index (χ1) is 8.15. The number of hydrogen-bond donors (Lipinski definition) is 1. The van der Waals surface area contributed by atoms with E-state index in [1.54, 1.807) is 0 Å². The molecule has 1 heterocycles. The van der Waals surface area contributed by atoms with Crippen molar-refractivity contribution in [3.63, 3.8) is 0 Å². The fraction of sp³-hybridized carbons (Fsp3) is 1.00. The summed E-state index contributed by atoms with van der Waals surface area (Å²) in [4.78, 5) is 0. The molecule has 0 radical (unpaired) electrons. The van der Waals surface area contributed by atoms with Crippen LogP contribution < -0.4 is 0 Å². The SMILES string of the molecule is CC1CCCCCC(C2C[C@@H](O)C[C@@H](C)O2)C1. The summed E-state index contributed by atoms with van der Waals surface area (Å²) in [6, 6.07) is 0. The molecule has 0 aromatic rings. The molecule has 1 N–H and O–H groups in total. The molecule has 0 aromatic heterocycles. The van der Waals surface area contributed by atoms with Crippen LogP contribution in [0.3, 0.4) is 0 Å². The fourth-order valence-electron chi connectivity index (χ4n) is 3.63. The molecule has 0 spiro atoms. The van der Waals surface area contributed by atoms with Crippen molar-refractivity contribution in [3.8, 4) is 0 Å². The Bertz CT molecular complexity index is 219. The van der Waals surface area contributed by atoms with Crippen LogP contribution in [0.25, 0.3) is 0 Å². The van der Waals surface area contributed by atoms with Crippen LogP contribution in [-0.4, -0.2) is 23.4 Å². The summed E-state index contributed by atoms with van der Waals surface area (Å²) in [7, 11) is 0. The Morgan fingerprint density at radius 3 is 2.47 bits per heavy atom. The first-order valence-electron chi connectivity index (χ1n) is 7.48. The maximum Gasteiger partial charge on any atom is 0.0631 e. The maximum absolute atomic E-state index is 9.89. The van der Waals surface area contributed by atoms with E-state index in [0.29, 0.717) is 12.0 Å². The van der Waals surface area contributed by atoms with E-state index < -0.39 is 0 Å². The monoisotopic (exact) mass is 240 g/mol. The molecule has 2 aliphatic rings. The van der Waals surface area contributed by atoms with Crippen molar-refractivity contribution >= 4 is 0 Å². The van der Waals surface area contributed by atoms with Crippen LogP contribution in [0.15, 0.2) is 0 Å². The summed E-state index contributed by atoms with van der Waals surface area (Å²) in [5, 5.41) is 9.89. The summed E-state index contributed by atoms with van der Waals surface area (Å²) >= 11 is 0. The highest BCUT2D eigenvalue weighted by Crippen LogP contribution is 2.34. The Balaban J connectivity index is 1.93. The zero-order valence-electron chi connectivity index (χ0n) is 11.4. The van der Waals surface area contributed by atoms with Gasteiger partial charge in [-0.05, 0) is 44.4 Å². The van der Waals surface area contributed by atoms with E-state index in [-0.39, 0.29) is 12.2 Å². The molecule has 0 aromatic carbocycles. The molecule has 2 fully saturated rings. The standard InChI is InChI=1S/C15H28O2/c1-11-6-4-3-5-7-13(8-11)15-10-14(16)9-12(2)17-15/h11-16H,3-10H2,1-2H3/t11?,12-,13?,14+,15?/m1/s1. The van der Waals surface area contributed by atoms with Gasteiger partial charge < -0.3 is 9.84 Å². The van der Waals surface area contributed by atoms with E-state index in [0.717, 1.165) is 18.8 Å². The Labute approximate surface area is 106 Å². The summed E-state index contributed by atoms with van der Waals surface area (Å²) in [6.45, 7) is 4.47. The lowest BCUT2D eigenvalue weighted by Gasteiger charge is -2.38. The highest BCUT2D eigenvalue weighted by Gasteiger charge is 2.32. The van der Waals surface area contributed by atoms with Crippen molar-refractivity contribution in [2.24, 2.45) is 11.8 Å². The normalized spacial score (nSPS) is 45.0. The number of rotatable bonds is 1. The molecule has 1 saturated carbocycles. The van der Waals surface area contributed by atoms with Gasteiger partial charge in [-0.1, -0.05) is 32.6 Å². The molecule has 1 saturated heterocycles. The first kappa shape index (κ1) is 13.4. The van der Waals surface area contributed by atoms with Crippen molar-refractivity contribution in [1.29, 1.82) is 0 Å². The second-order valence-corrected chi connectivity index (χ2v) is 6.35. The maximum atomic E-state index is 9.89. The largest absolute Gasteiger partial charge is 0.393 e. The molecule has 1 aliphatic heterocycles. The quantitative estimate of drug-likeness (QED) is 0.760. The number of ether oxygens (including phenoxy) is 1. The smallest absolute Gasteiger partial charge is 0.0631 e. The van der Waals surface area contributed by atoms with Crippen molar-refractivity contribution in [2.75, 3.05) is 0 Å². The summed E-state index contributed by atoms with van der Waals surface area (Å²) in [6.07, 6.45) is 10.2. The van der Waals surface area contributed by atoms with Crippen molar-refractivity contribution < 1.29 is 9.84 Å². The third-order valence-corrected chi connectivity index (χ3v) is 4.52. The second-order valence-electron chi connectivity index (χ2n) is 6.35. The van der Waals surface area contributed by atoms with E-state index in [4.69, 9.17) is 4.74 Å². The van der Waals surface area contributed by atoms with Gasteiger partial charge in [0.15, 0.2) is 0 Å². The predicted molar refractivity (Wildman–Crippen MR) is 69.9 cm³/mol. The van der Waals surface area contributed by atoms with Gasteiger partial charge in [0.2, 0.25) is 0 Å². The highest BCUT2D eigenvalue weighted by atomic mass is 16.5. The number of aliphatic hydroxyl groups is 1. The van der Waals surface area contributed by atoms with Gasteiger partial charge in [0.25, 0.3) is 0 Å². The third-order valence-electron chi connectivity index (χ3n) is 4.52. The van der Waals surface area contributed by atoms with Crippen LogP contribution in [0.4, 0.5) is 0 Å². The van der Waals surface area contributed by atoms with Gasteiger partial charge in [-0.3, -0.25) is 0 Å². The van der Waals surface area contributed by atoms with Gasteiger partial charge in [0.05, 0.1) is 18.3 Å². The Morgan fingerprint density at radius 2 is 1.71 bits per heavy atom. The second kappa shape index (κ2) is 6.19. The molecule has 0 bridgehead atoms. The van der Waals surface area contributed by atoms with Crippen LogP contribution >= 0.6 is 0 Å². The number of hydrogen-bond acceptors (Lipinski definition) is 2. The molecule has 0 amide bonds. The van der Waals surface area contributed by atoms with Crippen LogP contribution in [0.1, 0.15) is 65.2 Å². The molecule has 100 valence electrons. The first-order valence-corrected chi connectivity index (χ1v) is 7.48. The number of aliphatic hydroxyl groups excluding tert-OH is 1. The minimum absolute atomic E-state index is 0.135. The molecule has 2 heteroatoms. The molecular weight excluding hydrogens is 212 g/mol. The van der Waals surface area contributed by atoms with Crippen molar-refractivity contribution in [3.05, 3.63) is 0 Å². The van der Waals surface area contributed by atoms with Gasteiger partial charge in [0.1, 0.15) is 0 Å². The van der Waals surface area contributed by atoms with Crippen molar-refractivity contribution in [1.82, 2.24) is 0 Å². The molecular formula is C15H28O2. The van der Waals surface area contributed by atoms with Crippen LogP contribution in [0.5, 0.6) is 0 Å². The highest BCUT2D eigenvalue weighted by molar-refractivity contribution is 4.82. The van der Waals surface area contributed by atoms with Crippen molar-refractivity contribution in [2.45, 2.75) is 83.5 Å².